The highest BCUT2D eigenvalue weighted by Gasteiger charge is 2.33. The second-order valence-electron chi connectivity index (χ2n) is 9.15. The number of carboxylic acid groups (broad SMARTS) is 1. The summed E-state index contributed by atoms with van der Waals surface area (Å²) in [6, 6.07) is 0. The molecule has 4 N–H and O–H groups in total. The normalized spacial score (nSPS) is 12.4. The van der Waals surface area contributed by atoms with E-state index in [1.165, 1.54) is 57.8 Å². The lowest BCUT2D eigenvalue weighted by Crippen LogP contribution is -2.41. The van der Waals surface area contributed by atoms with Gasteiger partial charge in [0, 0.05) is 6.42 Å². The van der Waals surface area contributed by atoms with E-state index in [4.69, 9.17) is 14.6 Å². The van der Waals surface area contributed by atoms with Crippen LogP contribution in [0, 0.1) is 5.41 Å². The summed E-state index contributed by atoms with van der Waals surface area (Å²) in [6.07, 6.45) is 12.9. The third kappa shape index (κ3) is 16.0. The van der Waals surface area contributed by atoms with E-state index in [0.29, 0.717) is 6.42 Å². The van der Waals surface area contributed by atoms with Crippen molar-refractivity contribution in [1.29, 1.82) is 0 Å². The van der Waals surface area contributed by atoms with E-state index in [2.05, 4.69) is 6.92 Å². The molecule has 0 fully saturated rings. The van der Waals surface area contributed by atoms with E-state index in [0.717, 1.165) is 19.3 Å². The fraction of sp³-hybridized carbons (Fsp3) is 0.880. The number of carbonyl (C=O) groups is 3. The lowest BCUT2D eigenvalue weighted by molar-refractivity contribution is -0.175. The van der Waals surface area contributed by atoms with Gasteiger partial charge in [-0.15, -0.1) is 0 Å². The predicted molar refractivity (Wildman–Crippen MR) is 127 cm³/mol. The lowest BCUT2D eigenvalue weighted by atomic mass is 9.93. The number of rotatable bonds is 23. The van der Waals surface area contributed by atoms with Crippen molar-refractivity contribution in [3.63, 3.8) is 0 Å². The number of hydrogen-bond donors (Lipinski definition) is 4. The Kier molecular flexibility index (Phi) is 19.6. The molecule has 0 amide bonds. The third-order valence-corrected chi connectivity index (χ3v) is 5.91. The van der Waals surface area contributed by atoms with Crippen LogP contribution in [-0.2, 0) is 23.9 Å². The summed E-state index contributed by atoms with van der Waals surface area (Å²) in [5.74, 6) is -3.11. The molecular weight excluding hydrogens is 444 g/mol. The zero-order valence-corrected chi connectivity index (χ0v) is 20.8. The molecule has 0 heterocycles. The zero-order chi connectivity index (χ0) is 25.7. The molecule has 0 aliphatic carbocycles. The van der Waals surface area contributed by atoms with Gasteiger partial charge in [-0.3, -0.25) is 9.59 Å². The Balaban J connectivity index is 4.09. The number of aliphatic hydroxyl groups is 3. The molecule has 1 atom stereocenters. The highest BCUT2D eigenvalue weighted by Crippen LogP contribution is 2.17. The molecule has 0 aliphatic heterocycles. The minimum atomic E-state index is -1.62. The summed E-state index contributed by atoms with van der Waals surface area (Å²) in [5.41, 5.74) is -1.46. The number of ether oxygens (including phenoxy) is 2. The topological polar surface area (TPSA) is 151 Å². The molecule has 0 aromatic carbocycles. The first-order valence-corrected chi connectivity index (χ1v) is 12.7. The molecule has 9 heteroatoms. The van der Waals surface area contributed by atoms with Crippen LogP contribution in [0.3, 0.4) is 0 Å². The summed E-state index contributed by atoms with van der Waals surface area (Å²) < 4.78 is 9.92. The van der Waals surface area contributed by atoms with Gasteiger partial charge in [0.1, 0.15) is 6.61 Å². The molecular formula is C25H46O9. The smallest absolute Gasteiger partial charge is 0.348 e. The van der Waals surface area contributed by atoms with Gasteiger partial charge in [0.05, 0.1) is 31.7 Å². The van der Waals surface area contributed by atoms with Crippen LogP contribution in [0.25, 0.3) is 0 Å². The maximum absolute atomic E-state index is 12.2. The van der Waals surface area contributed by atoms with Crippen LogP contribution >= 0.6 is 0 Å². The second kappa shape index (κ2) is 20.6. The Labute approximate surface area is 203 Å². The Hall–Kier alpha value is -1.71. The summed E-state index contributed by atoms with van der Waals surface area (Å²) in [6.45, 7) is -0.247. The van der Waals surface area contributed by atoms with Crippen LogP contribution < -0.4 is 0 Å². The minimum Gasteiger partial charge on any atom is -0.481 e. The fourth-order valence-electron chi connectivity index (χ4n) is 3.44. The maximum Gasteiger partial charge on any atom is 0.348 e. The van der Waals surface area contributed by atoms with Crippen molar-refractivity contribution in [2.45, 2.75) is 109 Å². The quantitative estimate of drug-likeness (QED) is 0.125. The molecule has 0 saturated carbocycles. The first kappa shape index (κ1) is 32.3. The summed E-state index contributed by atoms with van der Waals surface area (Å²) in [4.78, 5) is 35.3. The average Bonchev–Trinajstić information content (AvgIpc) is 2.82. The molecule has 0 aromatic rings. The molecule has 0 saturated heterocycles. The van der Waals surface area contributed by atoms with Gasteiger partial charge < -0.3 is 29.9 Å². The molecule has 0 bridgehead atoms. The van der Waals surface area contributed by atoms with E-state index in [1.807, 2.05) is 0 Å². The fourth-order valence-corrected chi connectivity index (χ4v) is 3.44. The van der Waals surface area contributed by atoms with Crippen LogP contribution in [-0.4, -0.2) is 70.9 Å². The number of aliphatic carboxylic acids is 1. The first-order valence-electron chi connectivity index (χ1n) is 12.7. The van der Waals surface area contributed by atoms with Crippen molar-refractivity contribution in [1.82, 2.24) is 0 Å². The van der Waals surface area contributed by atoms with Crippen LogP contribution in [0.1, 0.15) is 103 Å². The van der Waals surface area contributed by atoms with Crippen molar-refractivity contribution in [3.8, 4) is 0 Å². The maximum atomic E-state index is 12.2. The molecule has 0 spiro atoms. The number of hydrogen-bond acceptors (Lipinski definition) is 8. The van der Waals surface area contributed by atoms with Crippen molar-refractivity contribution >= 4 is 17.9 Å². The summed E-state index contributed by atoms with van der Waals surface area (Å²) >= 11 is 0. The van der Waals surface area contributed by atoms with Crippen molar-refractivity contribution < 1.29 is 44.3 Å². The Morgan fingerprint density at radius 1 is 0.735 bits per heavy atom. The third-order valence-electron chi connectivity index (χ3n) is 5.91. The van der Waals surface area contributed by atoms with E-state index in [1.54, 1.807) is 0 Å². The average molecular weight is 491 g/mol. The minimum absolute atomic E-state index is 0.0784. The van der Waals surface area contributed by atoms with E-state index in [-0.39, 0.29) is 6.42 Å². The number of carboxylic acids is 1. The first-order chi connectivity index (χ1) is 16.3. The molecule has 0 aromatic heterocycles. The Morgan fingerprint density at radius 2 is 1.18 bits per heavy atom. The van der Waals surface area contributed by atoms with Gasteiger partial charge in [-0.1, -0.05) is 84.0 Å². The monoisotopic (exact) mass is 490 g/mol. The van der Waals surface area contributed by atoms with Gasteiger partial charge in [-0.2, -0.15) is 0 Å². The number of unbranched alkanes of at least 4 members (excludes halogenated alkanes) is 12. The standard InChI is InChI=1S/C25H46O9/c1-2-3-4-5-6-7-8-9-10-11-12-13-14-15-23(31)34-21(16-22(29)30)24(32)33-20-25(17-26,18-27)19-28/h21,26-28H,2-20H2,1H3,(H,29,30). The van der Waals surface area contributed by atoms with E-state index in [9.17, 15) is 29.7 Å². The van der Waals surface area contributed by atoms with Gasteiger partial charge in [0.15, 0.2) is 0 Å². The van der Waals surface area contributed by atoms with Crippen molar-refractivity contribution in [2.75, 3.05) is 26.4 Å². The molecule has 200 valence electrons. The number of esters is 2. The van der Waals surface area contributed by atoms with Gasteiger partial charge in [-0.05, 0) is 6.42 Å². The number of aliphatic hydroxyl groups excluding tert-OH is 3. The van der Waals surface area contributed by atoms with Crippen molar-refractivity contribution in [2.24, 2.45) is 5.41 Å². The lowest BCUT2D eigenvalue weighted by Gasteiger charge is -2.27. The van der Waals surface area contributed by atoms with Gasteiger partial charge in [-0.25, -0.2) is 4.79 Å². The van der Waals surface area contributed by atoms with Gasteiger partial charge in [0.2, 0.25) is 6.10 Å². The predicted octanol–water partition coefficient (Wildman–Crippen LogP) is 3.36. The van der Waals surface area contributed by atoms with Crippen LogP contribution in [0.2, 0.25) is 0 Å². The van der Waals surface area contributed by atoms with E-state index < -0.39 is 62.3 Å². The van der Waals surface area contributed by atoms with Crippen molar-refractivity contribution in [3.05, 3.63) is 0 Å². The van der Waals surface area contributed by atoms with Crippen LogP contribution in [0.4, 0.5) is 0 Å². The highest BCUT2D eigenvalue weighted by atomic mass is 16.6. The molecule has 1 unspecified atom stereocenters. The molecule has 0 rings (SSSR count). The number of carbonyl (C=O) groups excluding carboxylic acids is 2. The summed E-state index contributed by atoms with van der Waals surface area (Å²) in [7, 11) is 0. The zero-order valence-electron chi connectivity index (χ0n) is 20.8. The molecule has 0 radical (unpaired) electrons. The van der Waals surface area contributed by atoms with Crippen LogP contribution in [0.15, 0.2) is 0 Å². The molecule has 9 nitrogen and oxygen atoms in total. The Bertz CT molecular complexity index is 538. The summed E-state index contributed by atoms with van der Waals surface area (Å²) in [5, 5.41) is 36.8. The Morgan fingerprint density at radius 3 is 1.59 bits per heavy atom. The van der Waals surface area contributed by atoms with Crippen LogP contribution in [0.5, 0.6) is 0 Å². The molecule has 0 aliphatic rings. The SMILES string of the molecule is CCCCCCCCCCCCCCCC(=O)OC(CC(=O)O)C(=O)OCC(CO)(CO)CO. The largest absolute Gasteiger partial charge is 0.481 e. The molecule has 34 heavy (non-hydrogen) atoms. The second-order valence-corrected chi connectivity index (χ2v) is 9.15. The van der Waals surface area contributed by atoms with Gasteiger partial charge in [0.25, 0.3) is 0 Å². The van der Waals surface area contributed by atoms with E-state index >= 15 is 0 Å². The highest BCUT2D eigenvalue weighted by molar-refractivity contribution is 5.83. The van der Waals surface area contributed by atoms with Gasteiger partial charge >= 0.3 is 17.9 Å².